The summed E-state index contributed by atoms with van der Waals surface area (Å²) in [5.74, 6) is 1.14. The Hall–Kier alpha value is -2.77. The van der Waals surface area contributed by atoms with E-state index in [2.05, 4.69) is 39.2 Å². The molecule has 2 aromatic heterocycles. The van der Waals surface area contributed by atoms with Gasteiger partial charge in [-0.3, -0.25) is 9.69 Å². The van der Waals surface area contributed by atoms with Crippen molar-refractivity contribution in [2.75, 3.05) is 37.6 Å². The average Bonchev–Trinajstić information content (AvgIpc) is 3.24. The molecule has 0 amide bonds. The number of hydrogen-bond donors (Lipinski definition) is 0. The standard InChI is InChI=1S/C24H27N5OS/c1-18-19-8-2-3-9-20(19)24(30)29(25-18)13-7-6-12-27-14-16-28(17-15-27)23-21-10-4-5-11-22(21)31-26-23/h2-5,8-11H,6-7,12-17H2,1H3. The van der Waals surface area contributed by atoms with Gasteiger partial charge in [0, 0.05) is 43.5 Å². The van der Waals surface area contributed by atoms with Gasteiger partial charge in [0.05, 0.1) is 15.8 Å². The number of aryl methyl sites for hydroxylation is 2. The lowest BCUT2D eigenvalue weighted by Crippen LogP contribution is -2.46. The van der Waals surface area contributed by atoms with Crippen LogP contribution in [0.5, 0.6) is 0 Å². The van der Waals surface area contributed by atoms with Crippen molar-refractivity contribution < 1.29 is 0 Å². The summed E-state index contributed by atoms with van der Waals surface area (Å²) >= 11 is 1.59. The second-order valence-corrected chi connectivity index (χ2v) is 9.00. The Morgan fingerprint density at radius 2 is 1.55 bits per heavy atom. The van der Waals surface area contributed by atoms with E-state index >= 15 is 0 Å². The van der Waals surface area contributed by atoms with Crippen molar-refractivity contribution in [3.63, 3.8) is 0 Å². The summed E-state index contributed by atoms with van der Waals surface area (Å²) in [5, 5.41) is 7.51. The fourth-order valence-corrected chi connectivity index (χ4v) is 5.23. The quantitative estimate of drug-likeness (QED) is 0.432. The van der Waals surface area contributed by atoms with E-state index in [1.54, 1.807) is 16.2 Å². The lowest BCUT2D eigenvalue weighted by atomic mass is 10.1. The molecular formula is C24H27N5OS. The smallest absolute Gasteiger partial charge is 0.274 e. The van der Waals surface area contributed by atoms with Crippen LogP contribution in [0.2, 0.25) is 0 Å². The monoisotopic (exact) mass is 433 g/mol. The topological polar surface area (TPSA) is 54.3 Å². The van der Waals surface area contributed by atoms with Crippen LogP contribution < -0.4 is 10.5 Å². The summed E-state index contributed by atoms with van der Waals surface area (Å²) in [6.07, 6.45) is 2.03. The third-order valence-electron chi connectivity index (χ3n) is 6.18. The Kier molecular flexibility index (Phi) is 5.70. The first-order chi connectivity index (χ1) is 15.2. The number of anilines is 1. The van der Waals surface area contributed by atoms with E-state index in [-0.39, 0.29) is 5.56 Å². The predicted molar refractivity (Wildman–Crippen MR) is 128 cm³/mol. The fraction of sp³-hybridized carbons (Fsp3) is 0.375. The molecular weight excluding hydrogens is 406 g/mol. The third kappa shape index (κ3) is 4.07. The van der Waals surface area contributed by atoms with Crippen LogP contribution in [0.1, 0.15) is 18.5 Å². The van der Waals surface area contributed by atoms with Crippen LogP contribution in [-0.2, 0) is 6.54 Å². The molecule has 0 N–H and O–H groups in total. The summed E-state index contributed by atoms with van der Waals surface area (Å²) in [7, 11) is 0. The SMILES string of the molecule is Cc1nn(CCCCN2CCN(c3nsc4ccccc34)CC2)c(=O)c2ccccc12. The van der Waals surface area contributed by atoms with Crippen LogP contribution in [0.25, 0.3) is 20.9 Å². The highest BCUT2D eigenvalue weighted by Gasteiger charge is 2.20. The molecule has 0 saturated carbocycles. The van der Waals surface area contributed by atoms with Crippen molar-refractivity contribution in [3.05, 3.63) is 64.6 Å². The molecule has 1 saturated heterocycles. The van der Waals surface area contributed by atoms with Gasteiger partial charge in [-0.15, -0.1) is 0 Å². The summed E-state index contributed by atoms with van der Waals surface area (Å²) in [6, 6.07) is 16.2. The molecule has 1 aliphatic heterocycles. The molecule has 3 heterocycles. The van der Waals surface area contributed by atoms with E-state index < -0.39 is 0 Å². The number of rotatable bonds is 6. The minimum absolute atomic E-state index is 0.0188. The number of fused-ring (bicyclic) bond motifs is 2. The first kappa shape index (κ1) is 20.2. The van der Waals surface area contributed by atoms with Crippen molar-refractivity contribution in [2.24, 2.45) is 0 Å². The van der Waals surface area contributed by atoms with Gasteiger partial charge in [-0.1, -0.05) is 30.3 Å². The molecule has 0 radical (unpaired) electrons. The fourth-order valence-electron chi connectivity index (χ4n) is 4.44. The average molecular weight is 434 g/mol. The lowest BCUT2D eigenvalue weighted by Gasteiger charge is -2.35. The molecule has 4 aromatic rings. The van der Waals surface area contributed by atoms with Crippen LogP contribution >= 0.6 is 11.5 Å². The van der Waals surface area contributed by atoms with Gasteiger partial charge >= 0.3 is 0 Å². The number of nitrogens with zero attached hydrogens (tertiary/aromatic N) is 5. The summed E-state index contributed by atoms with van der Waals surface area (Å²) in [5.41, 5.74) is 0.936. The zero-order chi connectivity index (χ0) is 21.2. The minimum Gasteiger partial charge on any atom is -0.353 e. The molecule has 0 bridgehead atoms. The van der Waals surface area contributed by atoms with Gasteiger partial charge in [-0.05, 0) is 56.0 Å². The van der Waals surface area contributed by atoms with Crippen LogP contribution in [0.3, 0.4) is 0 Å². The van der Waals surface area contributed by atoms with E-state index in [0.717, 1.165) is 67.8 Å². The van der Waals surface area contributed by atoms with Crippen molar-refractivity contribution in [3.8, 4) is 0 Å². The van der Waals surface area contributed by atoms with Crippen molar-refractivity contribution in [2.45, 2.75) is 26.3 Å². The molecule has 7 heteroatoms. The maximum atomic E-state index is 12.7. The van der Waals surface area contributed by atoms with E-state index in [1.165, 1.54) is 10.1 Å². The Bertz CT molecular complexity index is 1260. The predicted octanol–water partition coefficient (Wildman–Crippen LogP) is 3.92. The molecule has 0 atom stereocenters. The van der Waals surface area contributed by atoms with E-state index in [1.807, 2.05) is 31.2 Å². The molecule has 2 aromatic carbocycles. The largest absolute Gasteiger partial charge is 0.353 e. The molecule has 6 nitrogen and oxygen atoms in total. The van der Waals surface area contributed by atoms with Gasteiger partial charge in [0.1, 0.15) is 5.82 Å². The molecule has 0 spiro atoms. The van der Waals surface area contributed by atoms with Crippen molar-refractivity contribution in [1.29, 1.82) is 0 Å². The number of piperazine rings is 1. The molecule has 1 fully saturated rings. The van der Waals surface area contributed by atoms with Crippen molar-refractivity contribution in [1.82, 2.24) is 19.1 Å². The number of unbranched alkanes of at least 4 members (excludes halogenated alkanes) is 1. The summed E-state index contributed by atoms with van der Waals surface area (Å²) in [4.78, 5) is 17.6. The Morgan fingerprint density at radius 3 is 2.35 bits per heavy atom. The van der Waals surface area contributed by atoms with Gasteiger partial charge < -0.3 is 4.90 Å². The number of aromatic nitrogens is 3. The van der Waals surface area contributed by atoms with Crippen LogP contribution in [-0.4, -0.2) is 51.8 Å². The van der Waals surface area contributed by atoms with Crippen LogP contribution in [0.15, 0.2) is 53.3 Å². The van der Waals surface area contributed by atoms with E-state index in [0.29, 0.717) is 6.54 Å². The highest BCUT2D eigenvalue weighted by Crippen LogP contribution is 2.29. The molecule has 1 aliphatic rings. The maximum absolute atomic E-state index is 12.7. The zero-order valence-corrected chi connectivity index (χ0v) is 18.6. The molecule has 31 heavy (non-hydrogen) atoms. The van der Waals surface area contributed by atoms with E-state index in [9.17, 15) is 4.79 Å². The second kappa shape index (κ2) is 8.77. The Morgan fingerprint density at radius 1 is 0.871 bits per heavy atom. The van der Waals surface area contributed by atoms with Gasteiger partial charge in [-0.25, -0.2) is 4.68 Å². The van der Waals surface area contributed by atoms with Crippen molar-refractivity contribution >= 4 is 38.2 Å². The molecule has 5 rings (SSSR count). The number of hydrogen-bond acceptors (Lipinski definition) is 6. The maximum Gasteiger partial charge on any atom is 0.274 e. The van der Waals surface area contributed by atoms with E-state index in [4.69, 9.17) is 4.37 Å². The minimum atomic E-state index is 0.0188. The van der Waals surface area contributed by atoms with Gasteiger partial charge in [0.25, 0.3) is 5.56 Å². The molecule has 0 aliphatic carbocycles. The van der Waals surface area contributed by atoms with Crippen LogP contribution in [0.4, 0.5) is 5.82 Å². The van der Waals surface area contributed by atoms with Crippen LogP contribution in [0, 0.1) is 6.92 Å². The highest BCUT2D eigenvalue weighted by molar-refractivity contribution is 7.13. The Labute approximate surface area is 185 Å². The molecule has 160 valence electrons. The molecule has 0 unspecified atom stereocenters. The normalized spacial score (nSPS) is 15.2. The van der Waals surface area contributed by atoms with Gasteiger partial charge in [-0.2, -0.15) is 9.47 Å². The summed E-state index contributed by atoms with van der Waals surface area (Å²) in [6.45, 7) is 7.85. The van der Waals surface area contributed by atoms with Gasteiger partial charge in [0.15, 0.2) is 0 Å². The second-order valence-electron chi connectivity index (χ2n) is 8.20. The number of benzene rings is 2. The summed E-state index contributed by atoms with van der Waals surface area (Å²) < 4.78 is 7.60. The zero-order valence-electron chi connectivity index (χ0n) is 17.8. The Balaban J connectivity index is 1.13. The first-order valence-electron chi connectivity index (χ1n) is 11.0. The lowest BCUT2D eigenvalue weighted by molar-refractivity contribution is 0.250. The highest BCUT2D eigenvalue weighted by atomic mass is 32.1. The van der Waals surface area contributed by atoms with Gasteiger partial charge in [0.2, 0.25) is 0 Å². The first-order valence-corrected chi connectivity index (χ1v) is 11.8. The third-order valence-corrected chi connectivity index (χ3v) is 6.99.